The Bertz CT molecular complexity index is 847. The van der Waals surface area contributed by atoms with Crippen molar-refractivity contribution in [2.75, 3.05) is 19.1 Å². The molecule has 6 nitrogen and oxygen atoms in total. The summed E-state index contributed by atoms with van der Waals surface area (Å²) in [5.74, 6) is 1.76. The van der Waals surface area contributed by atoms with Gasteiger partial charge in [-0.1, -0.05) is 19.9 Å². The average Bonchev–Trinajstić information content (AvgIpc) is 3.16. The second-order valence-corrected chi connectivity index (χ2v) is 10.1. The van der Waals surface area contributed by atoms with Gasteiger partial charge in [0.2, 0.25) is 16.8 Å². The number of rotatable bonds is 6. The van der Waals surface area contributed by atoms with Crippen molar-refractivity contribution in [2.24, 2.45) is 16.7 Å². The zero-order valence-electron chi connectivity index (χ0n) is 15.2. The van der Waals surface area contributed by atoms with E-state index in [1.54, 1.807) is 0 Å². The lowest BCUT2D eigenvalue weighted by Crippen LogP contribution is -2.45. The molecule has 3 aliphatic rings. The van der Waals surface area contributed by atoms with E-state index in [0.717, 1.165) is 12.0 Å². The van der Waals surface area contributed by atoms with E-state index in [1.165, 1.54) is 0 Å². The highest BCUT2D eigenvalue weighted by Gasteiger charge is 2.65. The molecule has 1 aromatic carbocycles. The Hall–Kier alpha value is -1.60. The Labute approximate surface area is 154 Å². The Morgan fingerprint density at radius 2 is 2.00 bits per heavy atom. The van der Waals surface area contributed by atoms with Crippen LogP contribution in [0.5, 0.6) is 11.5 Å². The molecule has 2 fully saturated rings. The summed E-state index contributed by atoms with van der Waals surface area (Å²) in [5, 5.41) is 0. The predicted octanol–water partition coefficient (Wildman–Crippen LogP) is 2.27. The van der Waals surface area contributed by atoms with Crippen LogP contribution in [0.1, 0.15) is 38.7 Å². The monoisotopic (exact) mass is 379 g/mol. The Morgan fingerprint density at radius 3 is 2.69 bits per heavy atom. The minimum absolute atomic E-state index is 0.0938. The summed E-state index contributed by atoms with van der Waals surface area (Å²) in [4.78, 5) is 12.5. The summed E-state index contributed by atoms with van der Waals surface area (Å²) in [7, 11) is -3.52. The number of ether oxygens (including phenoxy) is 2. The fraction of sp³-hybridized carbons (Fsp3) is 0.632. The van der Waals surface area contributed by atoms with Crippen LogP contribution in [-0.2, 0) is 21.2 Å². The number of carbonyl (C=O) groups is 1. The zero-order chi connectivity index (χ0) is 18.6. The standard InChI is InChI=1S/C19H25NO5S/c1-18(2)14-5-7-19(18,17(21)10-14)11-26(22,23)20-8-6-13-3-4-15-16(9-13)25-12-24-15/h3-4,9,14,20H,5-8,10-12H2,1-2H3. The van der Waals surface area contributed by atoms with Crippen LogP contribution in [-0.4, -0.2) is 33.3 Å². The fourth-order valence-electron chi connectivity index (χ4n) is 4.93. The molecule has 142 valence electrons. The number of nitrogens with one attached hydrogen (secondary N) is 1. The number of carbonyl (C=O) groups excluding carboxylic acids is 1. The molecule has 0 radical (unpaired) electrons. The Kier molecular flexibility index (Phi) is 4.08. The molecule has 1 heterocycles. The van der Waals surface area contributed by atoms with Gasteiger partial charge in [-0.3, -0.25) is 4.79 Å². The maximum absolute atomic E-state index is 12.7. The predicted molar refractivity (Wildman–Crippen MR) is 96.6 cm³/mol. The second kappa shape index (κ2) is 5.96. The van der Waals surface area contributed by atoms with Crippen molar-refractivity contribution in [1.82, 2.24) is 4.72 Å². The van der Waals surface area contributed by atoms with Crippen molar-refractivity contribution in [3.05, 3.63) is 23.8 Å². The largest absolute Gasteiger partial charge is 0.454 e. The minimum Gasteiger partial charge on any atom is -0.454 e. The summed E-state index contributed by atoms with van der Waals surface area (Å²) in [6, 6.07) is 5.62. The van der Waals surface area contributed by atoms with Crippen LogP contribution in [0.15, 0.2) is 18.2 Å². The molecule has 2 aliphatic carbocycles. The molecule has 26 heavy (non-hydrogen) atoms. The van der Waals surface area contributed by atoms with E-state index in [2.05, 4.69) is 18.6 Å². The minimum atomic E-state index is -3.52. The first-order chi connectivity index (χ1) is 12.2. The lowest BCUT2D eigenvalue weighted by Gasteiger charge is -2.36. The highest BCUT2D eigenvalue weighted by Crippen LogP contribution is 2.64. The third-order valence-electron chi connectivity index (χ3n) is 6.75. The molecule has 1 aromatic rings. The van der Waals surface area contributed by atoms with Gasteiger partial charge in [-0.05, 0) is 48.3 Å². The van der Waals surface area contributed by atoms with Gasteiger partial charge in [0.1, 0.15) is 5.78 Å². The maximum atomic E-state index is 12.7. The molecule has 0 spiro atoms. The van der Waals surface area contributed by atoms with Crippen molar-refractivity contribution >= 4 is 15.8 Å². The molecule has 0 saturated heterocycles. The molecule has 2 atom stereocenters. The van der Waals surface area contributed by atoms with E-state index in [-0.39, 0.29) is 23.7 Å². The number of hydrogen-bond acceptors (Lipinski definition) is 5. The quantitative estimate of drug-likeness (QED) is 0.820. The van der Waals surface area contributed by atoms with Gasteiger partial charge < -0.3 is 9.47 Å². The topological polar surface area (TPSA) is 81.7 Å². The van der Waals surface area contributed by atoms with Crippen LogP contribution in [0.4, 0.5) is 0 Å². The third kappa shape index (κ3) is 2.72. The smallest absolute Gasteiger partial charge is 0.231 e. The first-order valence-electron chi connectivity index (χ1n) is 9.13. The second-order valence-electron chi connectivity index (χ2n) is 8.26. The Morgan fingerprint density at radius 1 is 1.23 bits per heavy atom. The van der Waals surface area contributed by atoms with Crippen molar-refractivity contribution in [3.8, 4) is 11.5 Å². The van der Waals surface area contributed by atoms with Crippen molar-refractivity contribution in [1.29, 1.82) is 0 Å². The van der Waals surface area contributed by atoms with Crippen molar-refractivity contribution < 1.29 is 22.7 Å². The maximum Gasteiger partial charge on any atom is 0.231 e. The summed E-state index contributed by atoms with van der Waals surface area (Å²) in [6.07, 6.45) is 2.72. The molecule has 1 aliphatic heterocycles. The molecule has 2 saturated carbocycles. The number of fused-ring (bicyclic) bond motifs is 3. The molecule has 2 unspecified atom stereocenters. The van der Waals surface area contributed by atoms with Gasteiger partial charge in [0.15, 0.2) is 11.5 Å². The van der Waals surface area contributed by atoms with Crippen LogP contribution in [0.25, 0.3) is 0 Å². The van der Waals surface area contributed by atoms with Crippen molar-refractivity contribution in [2.45, 2.75) is 39.5 Å². The Balaban J connectivity index is 1.40. The number of Topliss-reactive ketones (excluding diaryl/α,β-unsaturated/α-hetero) is 1. The highest BCUT2D eigenvalue weighted by atomic mass is 32.2. The summed E-state index contributed by atoms with van der Waals surface area (Å²) < 4.78 is 38.7. The lowest BCUT2D eigenvalue weighted by atomic mass is 9.70. The van der Waals surface area contributed by atoms with Gasteiger partial charge in [0, 0.05) is 18.4 Å². The summed E-state index contributed by atoms with van der Waals surface area (Å²) in [5.41, 5.74) is 0.0200. The SMILES string of the molecule is CC1(C)C2CCC1(CS(=O)(=O)NCCc1ccc3c(c1)OCO3)C(=O)C2. The molecular formula is C19H25NO5S. The number of benzene rings is 1. The van der Waals surface area contributed by atoms with Crippen LogP contribution in [0, 0.1) is 16.7 Å². The van der Waals surface area contributed by atoms with Gasteiger partial charge in [-0.25, -0.2) is 13.1 Å². The average molecular weight is 379 g/mol. The van der Waals surface area contributed by atoms with Gasteiger partial charge in [-0.2, -0.15) is 0 Å². The van der Waals surface area contributed by atoms with E-state index in [1.807, 2.05) is 18.2 Å². The summed E-state index contributed by atoms with van der Waals surface area (Å²) >= 11 is 0. The van der Waals surface area contributed by atoms with Crippen LogP contribution in [0.2, 0.25) is 0 Å². The number of hydrogen-bond donors (Lipinski definition) is 1. The molecule has 0 amide bonds. The summed E-state index contributed by atoms with van der Waals surface area (Å²) in [6.45, 7) is 4.63. The van der Waals surface area contributed by atoms with E-state index in [0.29, 0.717) is 43.2 Å². The van der Waals surface area contributed by atoms with Crippen LogP contribution in [0.3, 0.4) is 0 Å². The molecular weight excluding hydrogens is 354 g/mol. The first kappa shape index (κ1) is 17.8. The fourth-order valence-corrected chi connectivity index (χ4v) is 6.77. The zero-order valence-corrected chi connectivity index (χ0v) is 16.0. The normalized spacial score (nSPS) is 28.7. The van der Waals surface area contributed by atoms with E-state index < -0.39 is 15.4 Å². The van der Waals surface area contributed by atoms with Gasteiger partial charge in [-0.15, -0.1) is 0 Å². The van der Waals surface area contributed by atoms with Crippen LogP contribution >= 0.6 is 0 Å². The molecule has 2 bridgehead atoms. The molecule has 7 heteroatoms. The third-order valence-corrected chi connectivity index (χ3v) is 8.26. The molecule has 0 aromatic heterocycles. The van der Waals surface area contributed by atoms with Gasteiger partial charge >= 0.3 is 0 Å². The lowest BCUT2D eigenvalue weighted by molar-refractivity contribution is -0.128. The van der Waals surface area contributed by atoms with Gasteiger partial charge in [0.05, 0.1) is 5.75 Å². The van der Waals surface area contributed by atoms with E-state index in [9.17, 15) is 13.2 Å². The molecule has 4 rings (SSSR count). The highest BCUT2D eigenvalue weighted by molar-refractivity contribution is 7.89. The number of sulfonamides is 1. The molecule has 1 N–H and O–H groups in total. The van der Waals surface area contributed by atoms with E-state index >= 15 is 0 Å². The van der Waals surface area contributed by atoms with Crippen LogP contribution < -0.4 is 14.2 Å². The number of ketones is 1. The van der Waals surface area contributed by atoms with Gasteiger partial charge in [0.25, 0.3) is 0 Å². The van der Waals surface area contributed by atoms with E-state index in [4.69, 9.17) is 9.47 Å². The first-order valence-corrected chi connectivity index (χ1v) is 10.8. The van der Waals surface area contributed by atoms with Crippen molar-refractivity contribution in [3.63, 3.8) is 0 Å².